The van der Waals surface area contributed by atoms with Crippen LogP contribution in [0.15, 0.2) is 64.3 Å². The summed E-state index contributed by atoms with van der Waals surface area (Å²) in [4.78, 5) is 25.3. The molecule has 0 spiro atoms. The third-order valence-corrected chi connectivity index (χ3v) is 6.29. The lowest BCUT2D eigenvalue weighted by Gasteiger charge is -2.36. The lowest BCUT2D eigenvalue weighted by Crippen LogP contribution is -2.47. The van der Waals surface area contributed by atoms with Crippen molar-refractivity contribution in [3.05, 3.63) is 75.7 Å². The van der Waals surface area contributed by atoms with Crippen molar-refractivity contribution in [3.8, 4) is 5.75 Å². The normalized spacial score (nSPS) is 14.1. The highest BCUT2D eigenvalue weighted by molar-refractivity contribution is 7.98. The molecule has 8 heteroatoms. The average molecular weight is 443 g/mol. The number of methoxy groups -OCH3 is 1. The van der Waals surface area contributed by atoms with Gasteiger partial charge in [0.15, 0.2) is 0 Å². The van der Waals surface area contributed by atoms with Crippen molar-refractivity contribution >= 4 is 35.0 Å². The number of nitrogens with one attached hydrogen (secondary N) is 1. The van der Waals surface area contributed by atoms with E-state index in [1.807, 2.05) is 42.5 Å². The molecule has 0 unspecified atom stereocenters. The summed E-state index contributed by atoms with van der Waals surface area (Å²) in [5.41, 5.74) is 1.73. The molecule has 1 aliphatic rings. The van der Waals surface area contributed by atoms with Gasteiger partial charge in [-0.1, -0.05) is 23.7 Å². The minimum absolute atomic E-state index is 0.126. The first-order valence-corrected chi connectivity index (χ1v) is 11.1. The van der Waals surface area contributed by atoms with Crippen molar-refractivity contribution in [1.82, 2.24) is 9.97 Å². The molecule has 2 aromatic carbocycles. The van der Waals surface area contributed by atoms with Gasteiger partial charge in [0.05, 0.1) is 18.5 Å². The number of hydrogen-bond donors (Lipinski definition) is 1. The summed E-state index contributed by atoms with van der Waals surface area (Å²) >= 11 is 7.57. The molecule has 0 radical (unpaired) electrons. The van der Waals surface area contributed by atoms with Gasteiger partial charge in [-0.05, 0) is 36.4 Å². The molecule has 156 valence electrons. The van der Waals surface area contributed by atoms with Crippen molar-refractivity contribution in [1.29, 1.82) is 0 Å². The Bertz CT molecular complexity index is 1050. The lowest BCUT2D eigenvalue weighted by molar-refractivity contribution is 0.413. The number of benzene rings is 2. The highest BCUT2D eigenvalue weighted by Gasteiger charge is 2.21. The first-order valence-electron chi connectivity index (χ1n) is 9.74. The van der Waals surface area contributed by atoms with E-state index in [1.54, 1.807) is 24.9 Å². The van der Waals surface area contributed by atoms with Crippen molar-refractivity contribution in [2.75, 3.05) is 43.1 Å². The van der Waals surface area contributed by atoms with Gasteiger partial charge in [-0.15, -0.1) is 11.8 Å². The molecule has 30 heavy (non-hydrogen) atoms. The van der Waals surface area contributed by atoms with E-state index in [2.05, 4.69) is 20.9 Å². The number of ether oxygens (including phenoxy) is 1. The van der Waals surface area contributed by atoms with Crippen LogP contribution in [0.25, 0.3) is 0 Å². The van der Waals surface area contributed by atoms with E-state index in [1.165, 1.54) is 0 Å². The van der Waals surface area contributed by atoms with Crippen LogP contribution in [0.4, 0.5) is 11.6 Å². The van der Waals surface area contributed by atoms with E-state index in [4.69, 9.17) is 21.3 Å². The molecule has 4 rings (SSSR count). The largest absolute Gasteiger partial charge is 0.495 e. The van der Waals surface area contributed by atoms with Gasteiger partial charge in [-0.25, -0.2) is 4.98 Å². The Morgan fingerprint density at radius 1 is 1.07 bits per heavy atom. The summed E-state index contributed by atoms with van der Waals surface area (Å²) in [7, 11) is 1.69. The monoisotopic (exact) mass is 442 g/mol. The summed E-state index contributed by atoms with van der Waals surface area (Å²) in [5, 5.41) is 0.711. The number of para-hydroxylation sites is 2. The number of aromatic nitrogens is 2. The topological polar surface area (TPSA) is 61.5 Å². The Morgan fingerprint density at radius 2 is 1.77 bits per heavy atom. The minimum Gasteiger partial charge on any atom is -0.495 e. The molecule has 1 saturated heterocycles. The van der Waals surface area contributed by atoms with Gasteiger partial charge in [-0.3, -0.25) is 9.78 Å². The number of hydrogen-bond acceptors (Lipinski definition) is 6. The summed E-state index contributed by atoms with van der Waals surface area (Å²) in [6.07, 6.45) is 0. The molecule has 1 aromatic heterocycles. The van der Waals surface area contributed by atoms with Crippen LogP contribution in [0.3, 0.4) is 0 Å². The number of H-pyrrole nitrogens is 1. The average Bonchev–Trinajstić information content (AvgIpc) is 2.78. The van der Waals surface area contributed by atoms with E-state index in [0.717, 1.165) is 48.2 Å². The molecule has 0 aliphatic carbocycles. The summed E-state index contributed by atoms with van der Waals surface area (Å²) in [6, 6.07) is 17.3. The molecule has 0 atom stereocenters. The van der Waals surface area contributed by atoms with Gasteiger partial charge >= 0.3 is 0 Å². The van der Waals surface area contributed by atoms with Crippen molar-refractivity contribution < 1.29 is 4.74 Å². The third kappa shape index (κ3) is 4.91. The Kier molecular flexibility index (Phi) is 6.50. The lowest BCUT2D eigenvalue weighted by atomic mass is 10.2. The van der Waals surface area contributed by atoms with Crippen LogP contribution in [0.1, 0.15) is 5.69 Å². The Labute approximate surface area is 184 Å². The third-order valence-electron chi connectivity index (χ3n) is 4.99. The van der Waals surface area contributed by atoms with Gasteiger partial charge in [0, 0.05) is 47.9 Å². The summed E-state index contributed by atoms with van der Waals surface area (Å²) in [5.74, 6) is 2.13. The van der Waals surface area contributed by atoms with Crippen LogP contribution < -0.4 is 20.1 Å². The number of aromatic amines is 1. The zero-order valence-electron chi connectivity index (χ0n) is 16.7. The molecule has 0 saturated carbocycles. The van der Waals surface area contributed by atoms with Crippen molar-refractivity contribution in [2.45, 2.75) is 10.6 Å². The zero-order valence-corrected chi connectivity index (χ0v) is 18.2. The highest BCUT2D eigenvalue weighted by Crippen LogP contribution is 2.29. The highest BCUT2D eigenvalue weighted by atomic mass is 35.5. The van der Waals surface area contributed by atoms with Gasteiger partial charge in [0.25, 0.3) is 5.56 Å². The molecule has 0 amide bonds. The van der Waals surface area contributed by atoms with Gasteiger partial charge < -0.3 is 14.5 Å². The van der Waals surface area contributed by atoms with Crippen LogP contribution in [0, 0.1) is 0 Å². The number of rotatable bonds is 6. The second-order valence-corrected chi connectivity index (χ2v) is 8.43. The van der Waals surface area contributed by atoms with E-state index >= 15 is 0 Å². The molecule has 6 nitrogen and oxygen atoms in total. The second-order valence-electron chi connectivity index (χ2n) is 6.95. The molecule has 3 aromatic rings. The Morgan fingerprint density at radius 3 is 2.50 bits per heavy atom. The molecular weight excluding hydrogens is 420 g/mol. The fourth-order valence-corrected chi connectivity index (χ4v) is 4.37. The Balaban J connectivity index is 1.42. The zero-order chi connectivity index (χ0) is 20.9. The van der Waals surface area contributed by atoms with Crippen LogP contribution in [0.2, 0.25) is 5.02 Å². The van der Waals surface area contributed by atoms with Crippen molar-refractivity contribution in [2.24, 2.45) is 0 Å². The van der Waals surface area contributed by atoms with Crippen LogP contribution in [-0.2, 0) is 5.75 Å². The Hall–Kier alpha value is -2.64. The number of anilines is 2. The number of halogens is 1. The maximum absolute atomic E-state index is 12.2. The van der Waals surface area contributed by atoms with Crippen molar-refractivity contribution in [3.63, 3.8) is 0 Å². The fraction of sp³-hybridized carbons (Fsp3) is 0.273. The quantitative estimate of drug-likeness (QED) is 0.581. The molecule has 1 fully saturated rings. The minimum atomic E-state index is -0.126. The first-order chi connectivity index (χ1) is 14.6. The predicted octanol–water partition coefficient (Wildman–Crippen LogP) is 4.05. The van der Waals surface area contributed by atoms with Gasteiger partial charge in [0.2, 0.25) is 5.95 Å². The fourth-order valence-electron chi connectivity index (χ4n) is 3.46. The van der Waals surface area contributed by atoms with Gasteiger partial charge in [0.1, 0.15) is 5.75 Å². The van der Waals surface area contributed by atoms with E-state index in [9.17, 15) is 4.79 Å². The molecule has 2 heterocycles. The maximum atomic E-state index is 12.2. The number of thioether (sulfide) groups is 1. The van der Waals surface area contributed by atoms with Gasteiger partial charge in [-0.2, -0.15) is 0 Å². The van der Waals surface area contributed by atoms with Crippen LogP contribution >= 0.6 is 23.4 Å². The summed E-state index contributed by atoms with van der Waals surface area (Å²) in [6.45, 7) is 3.20. The van der Waals surface area contributed by atoms with Crippen LogP contribution in [-0.4, -0.2) is 43.3 Å². The molecule has 0 bridgehead atoms. The molecule has 1 aliphatic heterocycles. The van der Waals surface area contributed by atoms with E-state index in [0.29, 0.717) is 16.7 Å². The number of nitrogens with zero attached hydrogens (tertiary/aromatic N) is 3. The standard InChI is InChI=1S/C22H23ClN4O2S/c1-29-20-5-3-2-4-19(20)26-10-12-27(13-11-26)22-24-17(14-21(28)25-22)15-30-18-8-6-16(23)7-9-18/h2-9,14H,10-13,15H2,1H3,(H,24,25,28). The maximum Gasteiger partial charge on any atom is 0.252 e. The van der Waals surface area contributed by atoms with Crippen LogP contribution in [0.5, 0.6) is 5.75 Å². The number of piperazine rings is 1. The molecule has 1 N–H and O–H groups in total. The summed E-state index contributed by atoms with van der Waals surface area (Å²) < 4.78 is 5.49. The molecular formula is C22H23ClN4O2S. The second kappa shape index (κ2) is 9.45. The smallest absolute Gasteiger partial charge is 0.252 e. The first kappa shape index (κ1) is 20.6. The predicted molar refractivity (Wildman–Crippen MR) is 123 cm³/mol. The van der Waals surface area contributed by atoms with E-state index < -0.39 is 0 Å². The van der Waals surface area contributed by atoms with E-state index in [-0.39, 0.29) is 5.56 Å². The SMILES string of the molecule is COc1ccccc1N1CCN(c2nc(CSc3ccc(Cl)cc3)cc(=O)[nH]2)CC1.